The largest absolute Gasteiger partial charge is 0.484 e. The molecular formula is C21H23Cl3N2O3. The van der Waals surface area contributed by atoms with Crippen LogP contribution in [0.5, 0.6) is 5.75 Å². The Balaban J connectivity index is 2.17. The summed E-state index contributed by atoms with van der Waals surface area (Å²) in [4.78, 5) is 26.7. The normalized spacial score (nSPS) is 11.7. The lowest BCUT2D eigenvalue weighted by molar-refractivity contribution is -0.142. The van der Waals surface area contributed by atoms with E-state index in [0.29, 0.717) is 27.4 Å². The molecule has 0 fully saturated rings. The molecule has 0 radical (unpaired) electrons. The van der Waals surface area contributed by atoms with E-state index in [0.717, 1.165) is 11.1 Å². The third kappa shape index (κ3) is 6.53. The Hall–Kier alpha value is -1.95. The lowest BCUT2D eigenvalue weighted by atomic mass is 10.1. The van der Waals surface area contributed by atoms with Gasteiger partial charge in [0, 0.05) is 18.1 Å². The highest BCUT2D eigenvalue weighted by molar-refractivity contribution is 6.42. The van der Waals surface area contributed by atoms with Gasteiger partial charge >= 0.3 is 0 Å². The SMILES string of the molecule is CCNC(=O)C(C)N(Cc1ccc(Cl)c(Cl)c1)C(=O)COc1ccc(Cl)c(C)c1. The standard InChI is InChI=1S/C21H23Cl3N2O3/c1-4-25-21(28)14(3)26(11-15-5-7-18(23)19(24)10-15)20(27)12-29-16-6-8-17(22)13(2)9-16/h5-10,14H,4,11-12H2,1-3H3,(H,25,28). The van der Waals surface area contributed by atoms with Gasteiger partial charge in [0.15, 0.2) is 6.61 Å². The Morgan fingerprint density at radius 2 is 1.76 bits per heavy atom. The molecule has 0 saturated heterocycles. The summed E-state index contributed by atoms with van der Waals surface area (Å²) in [7, 11) is 0. The number of hydrogen-bond donors (Lipinski definition) is 1. The molecule has 1 N–H and O–H groups in total. The number of benzene rings is 2. The summed E-state index contributed by atoms with van der Waals surface area (Å²) in [6, 6.07) is 9.58. The maximum Gasteiger partial charge on any atom is 0.261 e. The van der Waals surface area contributed by atoms with E-state index < -0.39 is 6.04 Å². The van der Waals surface area contributed by atoms with Crippen molar-refractivity contribution in [1.29, 1.82) is 0 Å². The molecule has 2 amide bonds. The van der Waals surface area contributed by atoms with Gasteiger partial charge in [0.25, 0.3) is 5.91 Å². The van der Waals surface area contributed by atoms with Crippen LogP contribution in [-0.2, 0) is 16.1 Å². The first kappa shape index (κ1) is 23.3. The first-order valence-corrected chi connectivity index (χ1v) is 10.3. The van der Waals surface area contributed by atoms with Crippen LogP contribution < -0.4 is 10.1 Å². The van der Waals surface area contributed by atoms with Crippen molar-refractivity contribution in [3.8, 4) is 5.75 Å². The third-order valence-corrected chi connectivity index (χ3v) is 5.51. The number of hydrogen-bond acceptors (Lipinski definition) is 3. The average molecular weight is 458 g/mol. The molecule has 0 heterocycles. The van der Waals surface area contributed by atoms with Crippen LogP contribution in [0.3, 0.4) is 0 Å². The molecule has 0 aliphatic heterocycles. The van der Waals surface area contributed by atoms with Gasteiger partial charge in [-0.05, 0) is 62.2 Å². The molecule has 2 rings (SSSR count). The van der Waals surface area contributed by atoms with E-state index in [1.165, 1.54) is 4.90 Å². The van der Waals surface area contributed by atoms with Crippen LogP contribution >= 0.6 is 34.8 Å². The summed E-state index contributed by atoms with van der Waals surface area (Å²) >= 11 is 18.1. The molecule has 0 saturated carbocycles. The number of ether oxygens (including phenoxy) is 1. The highest BCUT2D eigenvalue weighted by Crippen LogP contribution is 2.24. The van der Waals surface area contributed by atoms with Crippen LogP contribution in [0.1, 0.15) is 25.0 Å². The van der Waals surface area contributed by atoms with E-state index in [1.807, 2.05) is 13.8 Å². The van der Waals surface area contributed by atoms with Crippen molar-refractivity contribution < 1.29 is 14.3 Å². The lowest BCUT2D eigenvalue weighted by Crippen LogP contribution is -2.49. The molecule has 0 spiro atoms. The van der Waals surface area contributed by atoms with Crippen LogP contribution in [0.25, 0.3) is 0 Å². The molecule has 0 bridgehead atoms. The van der Waals surface area contributed by atoms with Crippen molar-refractivity contribution in [3.63, 3.8) is 0 Å². The van der Waals surface area contributed by atoms with Gasteiger partial charge in [0.1, 0.15) is 11.8 Å². The Bertz CT molecular complexity index is 889. The van der Waals surface area contributed by atoms with Crippen LogP contribution in [-0.4, -0.2) is 35.9 Å². The van der Waals surface area contributed by atoms with Crippen molar-refractivity contribution >= 4 is 46.6 Å². The van der Waals surface area contributed by atoms with Gasteiger partial charge in [-0.25, -0.2) is 0 Å². The minimum absolute atomic E-state index is 0.191. The molecule has 1 atom stereocenters. The number of carbonyl (C=O) groups excluding carboxylic acids is 2. The third-order valence-electron chi connectivity index (χ3n) is 4.35. The zero-order chi connectivity index (χ0) is 21.6. The van der Waals surface area contributed by atoms with Gasteiger partial charge in [-0.3, -0.25) is 9.59 Å². The van der Waals surface area contributed by atoms with Gasteiger partial charge < -0.3 is 15.0 Å². The van der Waals surface area contributed by atoms with E-state index in [9.17, 15) is 9.59 Å². The van der Waals surface area contributed by atoms with Gasteiger partial charge in [-0.2, -0.15) is 0 Å². The highest BCUT2D eigenvalue weighted by Gasteiger charge is 2.26. The zero-order valence-electron chi connectivity index (χ0n) is 16.5. The molecular weight excluding hydrogens is 435 g/mol. The van der Waals surface area contributed by atoms with Crippen LogP contribution in [0.4, 0.5) is 0 Å². The number of amides is 2. The van der Waals surface area contributed by atoms with Crippen molar-refractivity contribution in [1.82, 2.24) is 10.2 Å². The number of likely N-dealkylation sites (N-methyl/N-ethyl adjacent to an activating group) is 1. The Kier molecular flexibility index (Phi) is 8.62. The second kappa shape index (κ2) is 10.7. The number of nitrogens with zero attached hydrogens (tertiary/aromatic N) is 1. The predicted molar refractivity (Wildman–Crippen MR) is 117 cm³/mol. The molecule has 2 aromatic carbocycles. The van der Waals surface area contributed by atoms with Crippen LogP contribution in [0.15, 0.2) is 36.4 Å². The second-order valence-corrected chi connectivity index (χ2v) is 7.76. The first-order valence-electron chi connectivity index (χ1n) is 9.13. The molecule has 2 aromatic rings. The monoisotopic (exact) mass is 456 g/mol. The smallest absolute Gasteiger partial charge is 0.261 e. The molecule has 156 valence electrons. The summed E-state index contributed by atoms with van der Waals surface area (Å²) in [5.41, 5.74) is 1.60. The summed E-state index contributed by atoms with van der Waals surface area (Å²) in [6.07, 6.45) is 0. The summed E-state index contributed by atoms with van der Waals surface area (Å²) in [5.74, 6) is -0.0499. The lowest BCUT2D eigenvalue weighted by Gasteiger charge is -2.28. The van der Waals surface area contributed by atoms with Crippen molar-refractivity contribution in [2.45, 2.75) is 33.4 Å². The maximum absolute atomic E-state index is 12.9. The maximum atomic E-state index is 12.9. The number of aryl methyl sites for hydroxylation is 1. The fourth-order valence-electron chi connectivity index (χ4n) is 2.67. The Morgan fingerprint density at radius 1 is 1.07 bits per heavy atom. The van der Waals surface area contributed by atoms with E-state index in [2.05, 4.69) is 5.32 Å². The number of rotatable bonds is 8. The Labute approximate surface area is 185 Å². The number of nitrogens with one attached hydrogen (secondary N) is 1. The average Bonchev–Trinajstić information content (AvgIpc) is 2.69. The highest BCUT2D eigenvalue weighted by atomic mass is 35.5. The minimum Gasteiger partial charge on any atom is -0.484 e. The summed E-state index contributed by atoms with van der Waals surface area (Å²) in [6.45, 7) is 5.79. The fraction of sp³-hybridized carbons (Fsp3) is 0.333. The zero-order valence-corrected chi connectivity index (χ0v) is 18.7. The molecule has 5 nitrogen and oxygen atoms in total. The minimum atomic E-state index is -0.688. The van der Waals surface area contributed by atoms with Gasteiger partial charge in [0.05, 0.1) is 10.0 Å². The van der Waals surface area contributed by atoms with Crippen molar-refractivity contribution in [2.24, 2.45) is 0 Å². The Morgan fingerprint density at radius 3 is 2.38 bits per heavy atom. The van der Waals surface area contributed by atoms with Crippen molar-refractivity contribution in [3.05, 3.63) is 62.6 Å². The van der Waals surface area contributed by atoms with Crippen molar-refractivity contribution in [2.75, 3.05) is 13.2 Å². The predicted octanol–water partition coefficient (Wildman–Crippen LogP) is 4.89. The topological polar surface area (TPSA) is 58.6 Å². The first-order chi connectivity index (χ1) is 13.7. The fourth-order valence-corrected chi connectivity index (χ4v) is 3.11. The molecule has 0 aliphatic rings. The molecule has 1 unspecified atom stereocenters. The molecule has 0 aromatic heterocycles. The van der Waals surface area contributed by atoms with E-state index in [1.54, 1.807) is 43.3 Å². The number of carbonyl (C=O) groups is 2. The molecule has 0 aliphatic carbocycles. The number of halogens is 3. The van der Waals surface area contributed by atoms with Gasteiger partial charge in [0.2, 0.25) is 5.91 Å². The van der Waals surface area contributed by atoms with Gasteiger partial charge in [-0.15, -0.1) is 0 Å². The van der Waals surface area contributed by atoms with E-state index in [-0.39, 0.29) is 25.0 Å². The quantitative estimate of drug-likeness (QED) is 0.614. The molecule has 8 heteroatoms. The molecule has 29 heavy (non-hydrogen) atoms. The van der Waals surface area contributed by atoms with Crippen LogP contribution in [0.2, 0.25) is 15.1 Å². The van der Waals surface area contributed by atoms with E-state index in [4.69, 9.17) is 39.5 Å². The van der Waals surface area contributed by atoms with Crippen LogP contribution in [0, 0.1) is 6.92 Å². The van der Waals surface area contributed by atoms with E-state index >= 15 is 0 Å². The summed E-state index contributed by atoms with van der Waals surface area (Å²) in [5, 5.41) is 4.17. The van der Waals surface area contributed by atoms with Gasteiger partial charge in [-0.1, -0.05) is 40.9 Å². The summed E-state index contributed by atoms with van der Waals surface area (Å²) < 4.78 is 5.63. The second-order valence-electron chi connectivity index (χ2n) is 6.54.